The van der Waals surface area contributed by atoms with Crippen molar-refractivity contribution in [2.24, 2.45) is 5.73 Å². The van der Waals surface area contributed by atoms with Crippen molar-refractivity contribution in [3.63, 3.8) is 0 Å². The van der Waals surface area contributed by atoms with Gasteiger partial charge in [-0.3, -0.25) is 4.79 Å². The molecule has 2 amide bonds. The zero-order chi connectivity index (χ0) is 22.0. The molecule has 1 unspecified atom stereocenters. The van der Waals surface area contributed by atoms with Crippen molar-refractivity contribution in [2.45, 2.75) is 58.2 Å². The Morgan fingerprint density at radius 3 is 2.37 bits per heavy atom. The number of benzene rings is 2. The van der Waals surface area contributed by atoms with E-state index in [1.807, 2.05) is 36.4 Å². The van der Waals surface area contributed by atoms with Crippen LogP contribution in [0.4, 0.5) is 4.79 Å². The monoisotopic (exact) mass is 411 g/mol. The zero-order valence-electron chi connectivity index (χ0n) is 18.1. The Labute approximate surface area is 179 Å². The normalized spacial score (nSPS) is 12.1. The van der Waals surface area contributed by atoms with Crippen LogP contribution >= 0.6 is 0 Å². The first-order valence-corrected chi connectivity index (χ1v) is 10.4. The van der Waals surface area contributed by atoms with Crippen LogP contribution in [-0.4, -0.2) is 30.2 Å². The van der Waals surface area contributed by atoms with E-state index in [0.717, 1.165) is 29.5 Å². The highest BCUT2D eigenvalue weighted by atomic mass is 16.6. The van der Waals surface area contributed by atoms with Crippen molar-refractivity contribution in [1.29, 1.82) is 0 Å². The van der Waals surface area contributed by atoms with Crippen LogP contribution in [0.1, 0.15) is 45.6 Å². The van der Waals surface area contributed by atoms with Gasteiger partial charge < -0.3 is 21.1 Å². The molecule has 0 radical (unpaired) electrons. The minimum absolute atomic E-state index is 0.233. The van der Waals surface area contributed by atoms with Crippen molar-refractivity contribution in [1.82, 2.24) is 10.6 Å². The van der Waals surface area contributed by atoms with E-state index in [-0.39, 0.29) is 5.91 Å². The molecule has 0 aliphatic heterocycles. The molecule has 2 aromatic rings. The van der Waals surface area contributed by atoms with Gasteiger partial charge >= 0.3 is 6.09 Å². The third-order valence-corrected chi connectivity index (χ3v) is 4.46. The molecular weight excluding hydrogens is 378 g/mol. The molecule has 0 aromatic heterocycles. The van der Waals surface area contributed by atoms with Crippen LogP contribution in [0.2, 0.25) is 0 Å². The number of alkyl carbamates (subject to hydrolysis) is 1. The summed E-state index contributed by atoms with van der Waals surface area (Å²) in [6, 6.07) is 17.5. The molecule has 0 saturated carbocycles. The van der Waals surface area contributed by atoms with E-state index in [1.165, 1.54) is 0 Å². The fraction of sp³-hybridized carbons (Fsp3) is 0.417. The average Bonchev–Trinajstić information content (AvgIpc) is 2.71. The van der Waals surface area contributed by atoms with Crippen LogP contribution in [0.5, 0.6) is 0 Å². The van der Waals surface area contributed by atoms with Gasteiger partial charge in [0.1, 0.15) is 11.6 Å². The van der Waals surface area contributed by atoms with Gasteiger partial charge in [0, 0.05) is 6.54 Å². The van der Waals surface area contributed by atoms with Crippen molar-refractivity contribution >= 4 is 12.0 Å². The summed E-state index contributed by atoms with van der Waals surface area (Å²) in [7, 11) is 0. The Morgan fingerprint density at radius 1 is 1.00 bits per heavy atom. The number of ether oxygens (including phenoxy) is 1. The topological polar surface area (TPSA) is 93.4 Å². The number of hydrogen-bond acceptors (Lipinski definition) is 4. The van der Waals surface area contributed by atoms with E-state index >= 15 is 0 Å². The van der Waals surface area contributed by atoms with Gasteiger partial charge in [-0.05, 0) is 69.3 Å². The largest absolute Gasteiger partial charge is 0.444 e. The number of rotatable bonds is 9. The van der Waals surface area contributed by atoms with Crippen LogP contribution in [0.3, 0.4) is 0 Å². The number of nitrogens with two attached hydrogens (primary N) is 1. The van der Waals surface area contributed by atoms with Crippen LogP contribution in [-0.2, 0) is 16.1 Å². The summed E-state index contributed by atoms with van der Waals surface area (Å²) < 4.78 is 5.30. The second-order valence-corrected chi connectivity index (χ2v) is 8.27. The number of carbonyl (C=O) groups excluding carboxylic acids is 2. The Hall–Kier alpha value is -2.86. The molecule has 4 N–H and O–H groups in total. The molecule has 0 saturated heterocycles. The molecule has 0 bridgehead atoms. The van der Waals surface area contributed by atoms with Crippen molar-refractivity contribution in [3.05, 3.63) is 60.2 Å². The Kier molecular flexibility index (Phi) is 8.87. The molecular formula is C24H33N3O3. The summed E-state index contributed by atoms with van der Waals surface area (Å²) in [6.07, 6.45) is 1.44. The second kappa shape index (κ2) is 11.4. The molecule has 30 heavy (non-hydrogen) atoms. The zero-order valence-corrected chi connectivity index (χ0v) is 18.1. The first-order chi connectivity index (χ1) is 14.3. The predicted molar refractivity (Wildman–Crippen MR) is 120 cm³/mol. The highest BCUT2D eigenvalue weighted by Gasteiger charge is 2.23. The number of amides is 2. The molecule has 6 nitrogen and oxygen atoms in total. The van der Waals surface area contributed by atoms with Gasteiger partial charge in [0.15, 0.2) is 0 Å². The van der Waals surface area contributed by atoms with Gasteiger partial charge in [0.25, 0.3) is 0 Å². The van der Waals surface area contributed by atoms with E-state index in [0.29, 0.717) is 19.5 Å². The summed E-state index contributed by atoms with van der Waals surface area (Å²) in [4.78, 5) is 24.9. The maximum atomic E-state index is 12.8. The van der Waals surface area contributed by atoms with Crippen molar-refractivity contribution in [3.8, 4) is 11.1 Å². The first kappa shape index (κ1) is 23.4. The Morgan fingerprint density at radius 2 is 1.70 bits per heavy atom. The molecule has 1 atom stereocenters. The van der Waals surface area contributed by atoms with E-state index in [1.54, 1.807) is 20.8 Å². The lowest BCUT2D eigenvalue weighted by Gasteiger charge is -2.23. The fourth-order valence-electron chi connectivity index (χ4n) is 3.02. The summed E-state index contributed by atoms with van der Waals surface area (Å²) >= 11 is 0. The number of nitrogens with one attached hydrogen (secondary N) is 2. The molecule has 162 valence electrons. The fourth-order valence-corrected chi connectivity index (χ4v) is 3.02. The molecule has 6 heteroatoms. The van der Waals surface area contributed by atoms with Crippen LogP contribution in [0.15, 0.2) is 54.6 Å². The van der Waals surface area contributed by atoms with E-state index in [9.17, 15) is 9.59 Å². The van der Waals surface area contributed by atoms with E-state index in [4.69, 9.17) is 10.5 Å². The summed E-state index contributed by atoms with van der Waals surface area (Å²) in [5, 5.41) is 5.62. The minimum Gasteiger partial charge on any atom is -0.444 e. The molecule has 2 aromatic carbocycles. The van der Waals surface area contributed by atoms with E-state index < -0.39 is 17.7 Å². The lowest BCUT2D eigenvalue weighted by Crippen LogP contribution is -2.48. The van der Waals surface area contributed by atoms with Gasteiger partial charge in [-0.15, -0.1) is 0 Å². The van der Waals surface area contributed by atoms with Gasteiger partial charge in [-0.2, -0.15) is 0 Å². The number of carbonyl (C=O) groups is 2. The standard InChI is InChI=1S/C24H33N3O3/c1-24(2,3)30-23(29)27-21(14-7-8-15-25)22(28)26-17-18-10-9-13-20(16-18)19-11-5-4-6-12-19/h4-6,9-13,16,21H,7-8,14-15,17,25H2,1-3H3,(H,26,28)(H,27,29). The second-order valence-electron chi connectivity index (χ2n) is 8.27. The Bertz CT molecular complexity index is 816. The number of unbranched alkanes of at least 4 members (excludes halogenated alkanes) is 1. The van der Waals surface area contributed by atoms with Gasteiger partial charge in [0.2, 0.25) is 5.91 Å². The third-order valence-electron chi connectivity index (χ3n) is 4.46. The van der Waals surface area contributed by atoms with Gasteiger partial charge in [-0.25, -0.2) is 4.79 Å². The molecule has 0 fully saturated rings. The predicted octanol–water partition coefficient (Wildman–Crippen LogP) is 3.99. The quantitative estimate of drug-likeness (QED) is 0.544. The smallest absolute Gasteiger partial charge is 0.408 e. The maximum absolute atomic E-state index is 12.8. The Balaban J connectivity index is 1.99. The molecule has 0 spiro atoms. The van der Waals surface area contributed by atoms with Crippen molar-refractivity contribution in [2.75, 3.05) is 6.54 Å². The van der Waals surface area contributed by atoms with Crippen LogP contribution in [0, 0.1) is 0 Å². The minimum atomic E-state index is -0.663. The van der Waals surface area contributed by atoms with E-state index in [2.05, 4.69) is 28.8 Å². The molecule has 0 aliphatic carbocycles. The summed E-state index contributed by atoms with van der Waals surface area (Å²) in [5.74, 6) is -0.233. The van der Waals surface area contributed by atoms with Crippen LogP contribution in [0.25, 0.3) is 11.1 Å². The maximum Gasteiger partial charge on any atom is 0.408 e. The number of hydrogen-bond donors (Lipinski definition) is 3. The van der Waals surface area contributed by atoms with Gasteiger partial charge in [0.05, 0.1) is 0 Å². The van der Waals surface area contributed by atoms with Crippen molar-refractivity contribution < 1.29 is 14.3 Å². The first-order valence-electron chi connectivity index (χ1n) is 10.4. The van der Waals surface area contributed by atoms with Gasteiger partial charge in [-0.1, -0.05) is 48.5 Å². The average molecular weight is 412 g/mol. The molecule has 0 aliphatic rings. The summed E-state index contributed by atoms with van der Waals surface area (Å²) in [6.45, 7) is 6.29. The SMILES string of the molecule is CC(C)(C)OC(=O)NC(CCCCN)C(=O)NCc1cccc(-c2ccccc2)c1. The van der Waals surface area contributed by atoms with Crippen LogP contribution < -0.4 is 16.4 Å². The highest BCUT2D eigenvalue weighted by molar-refractivity contribution is 5.85. The molecule has 0 heterocycles. The lowest BCUT2D eigenvalue weighted by molar-refractivity contribution is -0.123. The lowest BCUT2D eigenvalue weighted by atomic mass is 10.0. The molecule has 2 rings (SSSR count). The highest BCUT2D eigenvalue weighted by Crippen LogP contribution is 2.20. The summed E-state index contributed by atoms with van der Waals surface area (Å²) in [5.41, 5.74) is 8.14. The third kappa shape index (κ3) is 8.25.